The van der Waals surface area contributed by atoms with E-state index in [2.05, 4.69) is 41.5 Å². The summed E-state index contributed by atoms with van der Waals surface area (Å²) in [4.78, 5) is 0. The lowest BCUT2D eigenvalue weighted by Gasteiger charge is -2.42. The van der Waals surface area contributed by atoms with E-state index in [0.29, 0.717) is 41.3 Å². The predicted octanol–water partition coefficient (Wildman–Crippen LogP) is 4.77. The van der Waals surface area contributed by atoms with Gasteiger partial charge in [-0.05, 0) is 34.3 Å². The minimum Gasteiger partial charge on any atom is -0.493 e. The third-order valence-electron chi connectivity index (χ3n) is 5.26. The summed E-state index contributed by atoms with van der Waals surface area (Å²) < 4.78 is 22.6. The molecule has 1 rings (SSSR count). The molecule has 6 heteroatoms. The molecule has 1 atom stereocenters. The van der Waals surface area contributed by atoms with Crippen LogP contribution in [-0.4, -0.2) is 47.0 Å². The first-order valence-electron chi connectivity index (χ1n) is 9.79. The number of methoxy groups -OCH3 is 2. The molecule has 0 unspecified atom stereocenters. The Morgan fingerprint density at radius 3 is 1.89 bits per heavy atom. The first kappa shape index (κ1) is 24.0. The molecule has 0 heterocycles. The van der Waals surface area contributed by atoms with Crippen molar-refractivity contribution in [2.75, 3.05) is 27.4 Å². The van der Waals surface area contributed by atoms with E-state index in [-0.39, 0.29) is 6.61 Å². The van der Waals surface area contributed by atoms with Crippen molar-refractivity contribution in [1.82, 2.24) is 0 Å². The van der Waals surface area contributed by atoms with E-state index in [1.165, 1.54) is 0 Å². The van der Waals surface area contributed by atoms with Gasteiger partial charge in [-0.25, -0.2) is 0 Å². The average molecular weight is 399 g/mol. The molecule has 0 amide bonds. The molecule has 156 valence electrons. The Morgan fingerprint density at radius 1 is 0.852 bits per heavy atom. The standard InChI is InChI=1S/C21H38O5Si/c1-15(2)27(16(3)4,17(5)6)26-14-19(22)13-25-12-18-9-10-20(23-7)21(11-18)24-8/h9-11,15-17,19,22H,12-14H2,1-8H3/t19-/m1/s1. The van der Waals surface area contributed by atoms with Crippen LogP contribution >= 0.6 is 0 Å². The Bertz CT molecular complexity index is 538. The quantitative estimate of drug-likeness (QED) is 0.514. The van der Waals surface area contributed by atoms with Crippen molar-refractivity contribution in [2.24, 2.45) is 0 Å². The summed E-state index contributed by atoms with van der Waals surface area (Å²) in [6, 6.07) is 5.67. The monoisotopic (exact) mass is 398 g/mol. The fourth-order valence-corrected chi connectivity index (χ4v) is 9.55. The van der Waals surface area contributed by atoms with Crippen LogP contribution in [0.3, 0.4) is 0 Å². The zero-order valence-electron chi connectivity index (χ0n) is 18.2. The van der Waals surface area contributed by atoms with Crippen molar-refractivity contribution >= 4 is 8.32 Å². The first-order chi connectivity index (χ1) is 12.7. The summed E-state index contributed by atoms with van der Waals surface area (Å²) in [5.41, 5.74) is 2.46. The van der Waals surface area contributed by atoms with Crippen molar-refractivity contribution in [2.45, 2.75) is 70.9 Å². The van der Waals surface area contributed by atoms with E-state index in [1.807, 2.05) is 18.2 Å². The Hall–Kier alpha value is -1.08. The molecule has 1 aromatic rings. The maximum absolute atomic E-state index is 10.3. The van der Waals surface area contributed by atoms with Crippen LogP contribution in [-0.2, 0) is 15.8 Å². The normalized spacial score (nSPS) is 13.5. The Labute approximate surface area is 166 Å². The Morgan fingerprint density at radius 2 is 1.41 bits per heavy atom. The van der Waals surface area contributed by atoms with Crippen molar-refractivity contribution in [3.63, 3.8) is 0 Å². The van der Waals surface area contributed by atoms with Gasteiger partial charge in [0.05, 0.1) is 40.1 Å². The second-order valence-corrected chi connectivity index (χ2v) is 13.4. The molecule has 0 aromatic heterocycles. The van der Waals surface area contributed by atoms with Gasteiger partial charge in [0, 0.05) is 0 Å². The molecule has 1 aromatic carbocycles. The van der Waals surface area contributed by atoms with Crippen LogP contribution < -0.4 is 9.47 Å². The largest absolute Gasteiger partial charge is 0.493 e. The van der Waals surface area contributed by atoms with Crippen LogP contribution in [0.25, 0.3) is 0 Å². The Kier molecular flexibility index (Phi) is 9.80. The average Bonchev–Trinajstić information content (AvgIpc) is 2.61. The van der Waals surface area contributed by atoms with Crippen molar-refractivity contribution in [3.8, 4) is 11.5 Å². The van der Waals surface area contributed by atoms with E-state index in [0.717, 1.165) is 5.56 Å². The van der Waals surface area contributed by atoms with Gasteiger partial charge in [0.2, 0.25) is 0 Å². The van der Waals surface area contributed by atoms with E-state index in [1.54, 1.807) is 14.2 Å². The number of hydrogen-bond acceptors (Lipinski definition) is 5. The minimum absolute atomic E-state index is 0.243. The molecule has 0 aliphatic carbocycles. The van der Waals surface area contributed by atoms with Gasteiger partial charge >= 0.3 is 0 Å². The summed E-state index contributed by atoms with van der Waals surface area (Å²) >= 11 is 0. The molecule has 0 aliphatic heterocycles. The van der Waals surface area contributed by atoms with Gasteiger partial charge in [0.15, 0.2) is 19.8 Å². The van der Waals surface area contributed by atoms with Crippen LogP contribution in [0.1, 0.15) is 47.1 Å². The number of hydrogen-bond donors (Lipinski definition) is 1. The van der Waals surface area contributed by atoms with Gasteiger partial charge in [0.25, 0.3) is 0 Å². The lowest BCUT2D eigenvalue weighted by Crippen LogP contribution is -2.49. The van der Waals surface area contributed by atoms with E-state index in [4.69, 9.17) is 18.6 Å². The fourth-order valence-electron chi connectivity index (χ4n) is 4.07. The maximum Gasteiger partial charge on any atom is 0.200 e. The Balaban J connectivity index is 2.57. The molecule has 27 heavy (non-hydrogen) atoms. The molecular formula is C21H38O5Si. The van der Waals surface area contributed by atoms with E-state index < -0.39 is 14.4 Å². The van der Waals surface area contributed by atoms with Crippen molar-refractivity contribution in [3.05, 3.63) is 23.8 Å². The third-order valence-corrected chi connectivity index (χ3v) is 11.3. The van der Waals surface area contributed by atoms with Crippen LogP contribution in [0.15, 0.2) is 18.2 Å². The number of aliphatic hydroxyl groups excluding tert-OH is 1. The van der Waals surface area contributed by atoms with Crippen LogP contribution in [0, 0.1) is 0 Å². The molecule has 5 nitrogen and oxygen atoms in total. The molecule has 0 radical (unpaired) electrons. The van der Waals surface area contributed by atoms with Crippen molar-refractivity contribution < 1.29 is 23.7 Å². The molecule has 0 saturated heterocycles. The maximum atomic E-state index is 10.3. The number of aliphatic hydroxyl groups is 1. The molecule has 0 aliphatic rings. The third kappa shape index (κ3) is 6.21. The summed E-state index contributed by atoms with van der Waals surface area (Å²) in [7, 11) is 1.26. The van der Waals surface area contributed by atoms with Crippen molar-refractivity contribution in [1.29, 1.82) is 0 Å². The SMILES string of the molecule is COc1ccc(COC[C@@H](O)CO[Si](C(C)C)(C(C)C)C(C)C)cc1OC. The van der Waals surface area contributed by atoms with Gasteiger partial charge in [-0.15, -0.1) is 0 Å². The van der Waals surface area contributed by atoms with Gasteiger partial charge in [0.1, 0.15) is 0 Å². The van der Waals surface area contributed by atoms with Gasteiger partial charge in [-0.2, -0.15) is 0 Å². The zero-order valence-corrected chi connectivity index (χ0v) is 19.2. The summed E-state index contributed by atoms with van der Waals surface area (Å²) in [5.74, 6) is 1.36. The first-order valence-corrected chi connectivity index (χ1v) is 11.9. The second-order valence-electron chi connectivity index (χ2n) is 7.99. The second kappa shape index (κ2) is 11.0. The summed E-state index contributed by atoms with van der Waals surface area (Å²) in [6.07, 6.45) is -0.631. The lowest BCUT2D eigenvalue weighted by molar-refractivity contribution is 0.00193. The van der Waals surface area contributed by atoms with Crippen LogP contribution in [0.2, 0.25) is 16.6 Å². The molecule has 0 saturated carbocycles. The highest BCUT2D eigenvalue weighted by atomic mass is 28.4. The van der Waals surface area contributed by atoms with Gasteiger partial charge in [-0.3, -0.25) is 0 Å². The number of benzene rings is 1. The predicted molar refractivity (Wildman–Crippen MR) is 112 cm³/mol. The fraction of sp³-hybridized carbons (Fsp3) is 0.714. The van der Waals surface area contributed by atoms with Gasteiger partial charge < -0.3 is 23.7 Å². The summed E-state index contributed by atoms with van der Waals surface area (Å²) in [5, 5.41) is 10.3. The number of rotatable bonds is 12. The minimum atomic E-state index is -1.96. The van der Waals surface area contributed by atoms with E-state index in [9.17, 15) is 5.11 Å². The molecular weight excluding hydrogens is 360 g/mol. The number of ether oxygens (including phenoxy) is 3. The smallest absolute Gasteiger partial charge is 0.200 e. The molecule has 1 N–H and O–H groups in total. The topological polar surface area (TPSA) is 57.2 Å². The highest BCUT2D eigenvalue weighted by Gasteiger charge is 2.45. The van der Waals surface area contributed by atoms with Crippen LogP contribution in [0.4, 0.5) is 0 Å². The zero-order chi connectivity index (χ0) is 20.6. The lowest BCUT2D eigenvalue weighted by atomic mass is 10.2. The summed E-state index contributed by atoms with van der Waals surface area (Å²) in [6.45, 7) is 14.4. The highest BCUT2D eigenvalue weighted by Crippen LogP contribution is 2.42. The van der Waals surface area contributed by atoms with E-state index >= 15 is 0 Å². The highest BCUT2D eigenvalue weighted by molar-refractivity contribution is 6.77. The van der Waals surface area contributed by atoms with Gasteiger partial charge in [-0.1, -0.05) is 47.6 Å². The van der Waals surface area contributed by atoms with Crippen LogP contribution in [0.5, 0.6) is 11.5 Å². The molecule has 0 fully saturated rings. The molecule has 0 spiro atoms. The molecule has 0 bridgehead atoms.